The second kappa shape index (κ2) is 8.10. The Kier molecular flexibility index (Phi) is 7.54. The Labute approximate surface area is 97.2 Å². The first-order valence-electron chi connectivity index (χ1n) is 5.78. The molecule has 0 aliphatic rings. The van der Waals surface area contributed by atoms with Crippen LogP contribution >= 0.6 is 0 Å². The summed E-state index contributed by atoms with van der Waals surface area (Å²) in [6.07, 6.45) is 3.99. The average molecular weight is 229 g/mol. The first kappa shape index (κ1) is 14.9. The van der Waals surface area contributed by atoms with E-state index in [9.17, 15) is 9.59 Å². The van der Waals surface area contributed by atoms with Gasteiger partial charge in [-0.1, -0.05) is 13.3 Å². The molecule has 2 amide bonds. The van der Waals surface area contributed by atoms with E-state index in [-0.39, 0.29) is 6.04 Å². The Hall–Kier alpha value is -1.10. The molecule has 0 rings (SSSR count). The first-order valence-corrected chi connectivity index (χ1v) is 5.78. The smallest absolute Gasteiger partial charge is 0.240 e. The zero-order valence-electron chi connectivity index (χ0n) is 10.2. The second-order valence-electron chi connectivity index (χ2n) is 4.14. The van der Waals surface area contributed by atoms with Crippen LogP contribution in [0.2, 0.25) is 0 Å². The van der Waals surface area contributed by atoms with Gasteiger partial charge in [-0.3, -0.25) is 9.59 Å². The van der Waals surface area contributed by atoms with Crippen LogP contribution in [0.5, 0.6) is 0 Å². The summed E-state index contributed by atoms with van der Waals surface area (Å²) in [6.45, 7) is 4.36. The van der Waals surface area contributed by atoms with E-state index >= 15 is 0 Å². The Morgan fingerprint density at radius 3 is 2.44 bits per heavy atom. The minimum Gasteiger partial charge on any atom is -0.368 e. The summed E-state index contributed by atoms with van der Waals surface area (Å²) in [5.74, 6) is -0.443. The summed E-state index contributed by atoms with van der Waals surface area (Å²) in [4.78, 5) is 23.4. The molecule has 2 atom stereocenters. The predicted octanol–water partition coefficient (Wildman–Crippen LogP) is 0.226. The molecule has 94 valence electrons. The van der Waals surface area contributed by atoms with Crippen molar-refractivity contribution < 1.29 is 9.59 Å². The summed E-state index contributed by atoms with van der Waals surface area (Å²) in [7, 11) is 0. The van der Waals surface area contributed by atoms with E-state index in [1.807, 2.05) is 13.8 Å². The normalized spacial score (nSPS) is 14.2. The fraction of sp³-hybridized carbons (Fsp3) is 0.818. The molecule has 0 spiro atoms. The second-order valence-corrected chi connectivity index (χ2v) is 4.14. The predicted molar refractivity (Wildman–Crippen MR) is 63.5 cm³/mol. The highest BCUT2D eigenvalue weighted by Gasteiger charge is 2.19. The van der Waals surface area contributed by atoms with Gasteiger partial charge in [-0.15, -0.1) is 0 Å². The van der Waals surface area contributed by atoms with Gasteiger partial charge < -0.3 is 16.4 Å². The van der Waals surface area contributed by atoms with Crippen LogP contribution in [0.25, 0.3) is 0 Å². The fourth-order valence-electron chi connectivity index (χ4n) is 1.64. The van der Waals surface area contributed by atoms with Gasteiger partial charge in [0.1, 0.15) is 6.04 Å². The van der Waals surface area contributed by atoms with Gasteiger partial charge in [0.25, 0.3) is 0 Å². The molecule has 5 heteroatoms. The van der Waals surface area contributed by atoms with Crippen LogP contribution in [0, 0.1) is 0 Å². The maximum atomic E-state index is 11.1. The third-order valence-corrected chi connectivity index (χ3v) is 2.58. The molecule has 0 saturated carbocycles. The highest BCUT2D eigenvalue weighted by molar-refractivity contribution is 5.81. The summed E-state index contributed by atoms with van der Waals surface area (Å²) in [5.41, 5.74) is 10.8. The quantitative estimate of drug-likeness (QED) is 0.438. The van der Waals surface area contributed by atoms with E-state index < -0.39 is 11.9 Å². The number of carbonyl (C=O) groups excluding carboxylic acids is 2. The number of carbonyl (C=O) groups is 2. The van der Waals surface area contributed by atoms with Crippen LogP contribution in [0.15, 0.2) is 0 Å². The lowest BCUT2D eigenvalue weighted by atomic mass is 10.1. The Morgan fingerprint density at radius 1 is 1.44 bits per heavy atom. The van der Waals surface area contributed by atoms with E-state index in [1.165, 1.54) is 4.90 Å². The lowest BCUT2D eigenvalue weighted by Gasteiger charge is -2.24. The van der Waals surface area contributed by atoms with Crippen LogP contribution in [0.3, 0.4) is 0 Å². The molecular weight excluding hydrogens is 206 g/mol. The third-order valence-electron chi connectivity index (χ3n) is 2.58. The molecule has 0 heterocycles. The zero-order valence-corrected chi connectivity index (χ0v) is 10.2. The number of unbranched alkanes of at least 4 members (excludes halogenated alkanes) is 1. The number of amides is 2. The minimum absolute atomic E-state index is 0.183. The molecular formula is C11H23N3O2. The maximum Gasteiger partial charge on any atom is 0.240 e. The molecule has 0 fully saturated rings. The molecule has 5 nitrogen and oxygen atoms in total. The van der Waals surface area contributed by atoms with Gasteiger partial charge >= 0.3 is 0 Å². The van der Waals surface area contributed by atoms with Crippen molar-refractivity contribution in [2.24, 2.45) is 11.5 Å². The molecule has 16 heavy (non-hydrogen) atoms. The molecule has 0 aromatic heterocycles. The summed E-state index contributed by atoms with van der Waals surface area (Å²) in [6, 6.07) is -0.296. The number of nitrogens with zero attached hydrogens (tertiary/aromatic N) is 1. The topological polar surface area (TPSA) is 89.4 Å². The zero-order chi connectivity index (χ0) is 12.6. The van der Waals surface area contributed by atoms with Crippen LogP contribution in [-0.2, 0) is 9.59 Å². The summed E-state index contributed by atoms with van der Waals surface area (Å²) >= 11 is 0. The summed E-state index contributed by atoms with van der Waals surface area (Å²) in [5, 5.41) is 0. The molecule has 0 aliphatic carbocycles. The highest BCUT2D eigenvalue weighted by atomic mass is 16.2. The molecule has 0 aliphatic heterocycles. The van der Waals surface area contributed by atoms with Gasteiger partial charge in [0.2, 0.25) is 12.3 Å². The van der Waals surface area contributed by atoms with Crippen LogP contribution in [-0.4, -0.2) is 35.8 Å². The Morgan fingerprint density at radius 2 is 2.06 bits per heavy atom. The number of hydrogen-bond acceptors (Lipinski definition) is 3. The lowest BCUT2D eigenvalue weighted by molar-refractivity contribution is -0.131. The minimum atomic E-state index is -0.479. The van der Waals surface area contributed by atoms with Crippen LogP contribution in [0.4, 0.5) is 0 Å². The molecule has 4 N–H and O–H groups in total. The maximum absolute atomic E-state index is 11.1. The molecule has 1 unspecified atom stereocenters. The van der Waals surface area contributed by atoms with Crippen molar-refractivity contribution in [2.45, 2.75) is 51.6 Å². The molecule has 0 saturated heterocycles. The number of primary amides is 1. The number of nitrogens with two attached hydrogens (primary N) is 2. The number of hydrogen-bond donors (Lipinski definition) is 2. The van der Waals surface area contributed by atoms with Crippen LogP contribution in [0.1, 0.15) is 39.5 Å². The van der Waals surface area contributed by atoms with Crippen molar-refractivity contribution in [2.75, 3.05) is 6.54 Å². The van der Waals surface area contributed by atoms with Gasteiger partial charge in [0.15, 0.2) is 0 Å². The summed E-state index contributed by atoms with van der Waals surface area (Å²) < 4.78 is 0. The Bertz CT molecular complexity index is 219. The fourth-order valence-corrected chi connectivity index (χ4v) is 1.64. The molecule has 0 radical (unpaired) electrons. The van der Waals surface area contributed by atoms with E-state index in [4.69, 9.17) is 11.5 Å². The monoisotopic (exact) mass is 229 g/mol. The van der Waals surface area contributed by atoms with Gasteiger partial charge in [-0.2, -0.15) is 0 Å². The van der Waals surface area contributed by atoms with E-state index in [2.05, 4.69) is 0 Å². The van der Waals surface area contributed by atoms with E-state index in [0.29, 0.717) is 19.4 Å². The standard InChI is InChI=1S/C11H23N3O2/c1-3-10(11(13)16)14(8-15)7-5-4-6-9(2)12/h8-10H,3-7,12H2,1-2H3,(H2,13,16)/t9?,10-/m0/s1. The highest BCUT2D eigenvalue weighted by Crippen LogP contribution is 2.05. The molecule has 0 bridgehead atoms. The van der Waals surface area contributed by atoms with Gasteiger partial charge in [-0.25, -0.2) is 0 Å². The van der Waals surface area contributed by atoms with Crippen molar-refractivity contribution in [1.29, 1.82) is 0 Å². The van der Waals surface area contributed by atoms with Crippen molar-refractivity contribution in [3.8, 4) is 0 Å². The van der Waals surface area contributed by atoms with Crippen molar-refractivity contribution in [1.82, 2.24) is 4.90 Å². The van der Waals surface area contributed by atoms with Gasteiger partial charge in [0.05, 0.1) is 0 Å². The molecule has 0 aromatic rings. The van der Waals surface area contributed by atoms with Gasteiger partial charge in [0, 0.05) is 12.6 Å². The SMILES string of the molecule is CC[C@@H](C(N)=O)N(C=O)CCCCC(C)N. The van der Waals surface area contributed by atoms with Crippen molar-refractivity contribution in [3.05, 3.63) is 0 Å². The first-order chi connectivity index (χ1) is 7.52. The van der Waals surface area contributed by atoms with E-state index in [0.717, 1.165) is 19.3 Å². The van der Waals surface area contributed by atoms with Gasteiger partial charge in [-0.05, 0) is 26.2 Å². The van der Waals surface area contributed by atoms with Crippen molar-refractivity contribution in [3.63, 3.8) is 0 Å². The lowest BCUT2D eigenvalue weighted by Crippen LogP contribution is -2.44. The van der Waals surface area contributed by atoms with E-state index in [1.54, 1.807) is 0 Å². The van der Waals surface area contributed by atoms with Crippen molar-refractivity contribution >= 4 is 12.3 Å². The molecule has 0 aromatic carbocycles. The Balaban J connectivity index is 3.99. The average Bonchev–Trinajstić information content (AvgIpc) is 2.21. The third kappa shape index (κ3) is 5.70. The van der Waals surface area contributed by atoms with Crippen LogP contribution < -0.4 is 11.5 Å². The largest absolute Gasteiger partial charge is 0.368 e. The number of rotatable bonds is 9.